The smallest absolute Gasteiger partial charge is 0.235 e. The van der Waals surface area contributed by atoms with E-state index in [4.69, 9.17) is 15.5 Å². The molecule has 3 aliphatic rings. The van der Waals surface area contributed by atoms with E-state index in [1.54, 1.807) is 0 Å². The lowest BCUT2D eigenvalue weighted by atomic mass is 9.65. The first-order chi connectivity index (χ1) is 15.6. The second-order valence-corrected chi connectivity index (χ2v) is 9.10. The van der Waals surface area contributed by atoms with E-state index in [0.29, 0.717) is 0 Å². The molecular formula is C26H30N4O2. The summed E-state index contributed by atoms with van der Waals surface area (Å²) in [5.41, 5.74) is 9.76. The van der Waals surface area contributed by atoms with Gasteiger partial charge in [0.15, 0.2) is 0 Å². The van der Waals surface area contributed by atoms with Gasteiger partial charge in [-0.25, -0.2) is 4.99 Å². The van der Waals surface area contributed by atoms with Crippen LogP contribution in [0.5, 0.6) is 5.75 Å². The molecule has 0 unspecified atom stereocenters. The molecule has 0 atom stereocenters. The largest absolute Gasteiger partial charge is 0.488 e. The molecule has 32 heavy (non-hydrogen) atoms. The molecule has 6 nitrogen and oxygen atoms in total. The highest BCUT2D eigenvalue weighted by Crippen LogP contribution is 2.54. The van der Waals surface area contributed by atoms with Crippen molar-refractivity contribution in [2.75, 3.05) is 25.5 Å². The molecule has 1 amide bonds. The molecule has 2 heterocycles. The minimum absolute atomic E-state index is 0.0973. The number of aliphatic imine (C=N–C) groups is 1. The van der Waals surface area contributed by atoms with Gasteiger partial charge in [-0.2, -0.15) is 0 Å². The van der Waals surface area contributed by atoms with Crippen LogP contribution < -0.4 is 15.8 Å². The van der Waals surface area contributed by atoms with E-state index >= 15 is 0 Å². The van der Waals surface area contributed by atoms with Gasteiger partial charge in [-0.1, -0.05) is 24.6 Å². The molecule has 0 bridgehead atoms. The number of hydrogen-bond acceptors (Lipinski definition) is 5. The first-order valence-corrected chi connectivity index (χ1v) is 11.5. The zero-order chi connectivity index (χ0) is 22.1. The number of rotatable bonds is 5. The molecule has 166 valence electrons. The van der Waals surface area contributed by atoms with Crippen molar-refractivity contribution in [1.82, 2.24) is 4.90 Å². The fourth-order valence-electron chi connectivity index (χ4n) is 4.96. The summed E-state index contributed by atoms with van der Waals surface area (Å²) >= 11 is 0. The van der Waals surface area contributed by atoms with E-state index in [2.05, 4.69) is 23.3 Å². The Kier molecular flexibility index (Phi) is 5.47. The first-order valence-electron chi connectivity index (χ1n) is 11.5. The van der Waals surface area contributed by atoms with Crippen molar-refractivity contribution in [3.05, 3.63) is 65.9 Å². The number of fused-ring (bicyclic) bond motifs is 2. The Labute approximate surface area is 189 Å². The number of likely N-dealkylation sites (tertiary alicyclic amines) is 1. The Balaban J connectivity index is 1.59. The van der Waals surface area contributed by atoms with Gasteiger partial charge in [-0.05, 0) is 74.8 Å². The van der Waals surface area contributed by atoms with Crippen LogP contribution in [-0.2, 0) is 10.2 Å². The average Bonchev–Trinajstić information content (AvgIpc) is 3.08. The topological polar surface area (TPSA) is 80.0 Å². The number of piperidine rings is 1. The summed E-state index contributed by atoms with van der Waals surface area (Å²) in [6, 6.07) is 13.9. The Morgan fingerprint density at radius 1 is 1.22 bits per heavy atom. The van der Waals surface area contributed by atoms with Crippen LogP contribution in [0.25, 0.3) is 0 Å². The zero-order valence-electron chi connectivity index (χ0n) is 18.5. The van der Waals surface area contributed by atoms with Gasteiger partial charge >= 0.3 is 0 Å². The van der Waals surface area contributed by atoms with Crippen molar-refractivity contribution in [2.24, 2.45) is 10.7 Å². The number of carbonyl (C=O) groups is 1. The molecule has 1 spiro atoms. The highest BCUT2D eigenvalue weighted by Gasteiger charge is 2.52. The number of nitrogens with two attached hydrogens (primary N) is 1. The number of amides is 1. The van der Waals surface area contributed by atoms with Crippen LogP contribution in [0.2, 0.25) is 0 Å². The number of para-hydroxylation sites is 1. The Bertz CT molecular complexity index is 1060. The average molecular weight is 431 g/mol. The van der Waals surface area contributed by atoms with Gasteiger partial charge in [-0.3, -0.25) is 4.79 Å². The van der Waals surface area contributed by atoms with Gasteiger partial charge in [0.25, 0.3) is 0 Å². The lowest BCUT2D eigenvalue weighted by Crippen LogP contribution is -2.40. The quantitative estimate of drug-likeness (QED) is 0.699. The van der Waals surface area contributed by atoms with Crippen LogP contribution in [0.15, 0.2) is 59.7 Å². The van der Waals surface area contributed by atoms with Crippen molar-refractivity contribution >= 4 is 23.0 Å². The van der Waals surface area contributed by atoms with E-state index in [9.17, 15) is 4.79 Å². The highest BCUT2D eigenvalue weighted by atomic mass is 16.5. The molecule has 2 fully saturated rings. The summed E-state index contributed by atoms with van der Waals surface area (Å²) in [5.74, 6) is 0.843. The van der Waals surface area contributed by atoms with Crippen LogP contribution in [0, 0.1) is 0 Å². The highest BCUT2D eigenvalue weighted by molar-refractivity contribution is 6.13. The molecular weight excluding hydrogens is 400 g/mol. The lowest BCUT2D eigenvalue weighted by molar-refractivity contribution is -0.123. The number of anilines is 1. The van der Waals surface area contributed by atoms with Gasteiger partial charge < -0.3 is 20.7 Å². The van der Waals surface area contributed by atoms with Gasteiger partial charge in [0.2, 0.25) is 5.91 Å². The number of benzene rings is 2. The van der Waals surface area contributed by atoms with Crippen LogP contribution in [0.4, 0.5) is 11.4 Å². The molecule has 0 radical (unpaired) electrons. The fraction of sp³-hybridized carbons (Fsp3) is 0.385. The molecule has 5 rings (SSSR count). The van der Waals surface area contributed by atoms with E-state index in [0.717, 1.165) is 79.2 Å². The Morgan fingerprint density at radius 2 is 1.97 bits per heavy atom. The van der Waals surface area contributed by atoms with Gasteiger partial charge in [0.05, 0.1) is 22.5 Å². The number of nitrogens with zero attached hydrogens (tertiary/aromatic N) is 2. The predicted molar refractivity (Wildman–Crippen MR) is 128 cm³/mol. The Morgan fingerprint density at radius 3 is 2.62 bits per heavy atom. The Hall–Kier alpha value is -3.12. The van der Waals surface area contributed by atoms with Gasteiger partial charge in [-0.15, -0.1) is 0 Å². The fourth-order valence-corrected chi connectivity index (χ4v) is 4.96. The lowest BCUT2D eigenvalue weighted by Gasteiger charge is -2.36. The molecule has 0 aromatic heterocycles. The van der Waals surface area contributed by atoms with Crippen molar-refractivity contribution in [2.45, 2.75) is 43.6 Å². The first kappa shape index (κ1) is 20.8. The maximum Gasteiger partial charge on any atom is 0.235 e. The molecule has 3 N–H and O–H groups in total. The minimum Gasteiger partial charge on any atom is -0.488 e. The maximum atomic E-state index is 13.0. The van der Waals surface area contributed by atoms with Crippen LogP contribution in [0.1, 0.15) is 43.2 Å². The molecule has 1 saturated heterocycles. The van der Waals surface area contributed by atoms with Gasteiger partial charge in [0.1, 0.15) is 11.9 Å². The molecule has 2 aromatic carbocycles. The van der Waals surface area contributed by atoms with Gasteiger partial charge in [0, 0.05) is 18.7 Å². The zero-order valence-corrected chi connectivity index (χ0v) is 18.5. The van der Waals surface area contributed by atoms with Crippen LogP contribution in [-0.4, -0.2) is 42.8 Å². The second-order valence-electron chi connectivity index (χ2n) is 9.10. The number of allylic oxidation sites excluding steroid dienone is 1. The summed E-state index contributed by atoms with van der Waals surface area (Å²) in [5, 5.41) is 3.15. The third kappa shape index (κ3) is 3.69. The third-order valence-electron chi connectivity index (χ3n) is 7.01. The molecule has 1 aliphatic carbocycles. The monoisotopic (exact) mass is 430 g/mol. The number of carbonyl (C=O) groups excluding carboxylic acids is 1. The van der Waals surface area contributed by atoms with Crippen molar-refractivity contribution < 1.29 is 9.53 Å². The van der Waals surface area contributed by atoms with Crippen molar-refractivity contribution in [3.8, 4) is 5.75 Å². The van der Waals surface area contributed by atoms with Crippen molar-refractivity contribution in [1.29, 1.82) is 0 Å². The third-order valence-corrected chi connectivity index (χ3v) is 7.01. The molecule has 1 saturated carbocycles. The van der Waals surface area contributed by atoms with E-state index in [-0.39, 0.29) is 12.0 Å². The minimum atomic E-state index is -0.430. The predicted octanol–water partition coefficient (Wildman–Crippen LogP) is 4.13. The summed E-state index contributed by atoms with van der Waals surface area (Å²) in [4.78, 5) is 20.1. The molecule has 6 heteroatoms. The second kappa shape index (κ2) is 8.43. The van der Waals surface area contributed by atoms with E-state index in [1.807, 2.05) is 42.5 Å². The van der Waals surface area contributed by atoms with E-state index in [1.165, 1.54) is 6.20 Å². The summed E-state index contributed by atoms with van der Waals surface area (Å²) in [7, 11) is 2.14. The standard InChI is InChI=1S/C26H30N4O2/c1-30-14-9-20(10-15-30)32-23-17-18(22(8-13-27)28-19-6-3-2-4-7-19)16-21-24(23)29-25(31)26(21)11-5-12-26/h2-4,6-8,13,16-17,20H,5,9-12,14-15,27H2,1H3,(H,29,31). The van der Waals surface area contributed by atoms with Crippen LogP contribution >= 0.6 is 0 Å². The van der Waals surface area contributed by atoms with Crippen molar-refractivity contribution in [3.63, 3.8) is 0 Å². The summed E-state index contributed by atoms with van der Waals surface area (Å²) in [6.07, 6.45) is 8.22. The molecule has 2 aliphatic heterocycles. The van der Waals surface area contributed by atoms with E-state index < -0.39 is 5.41 Å². The number of hydrogen-bond donors (Lipinski definition) is 2. The normalized spacial score (nSPS) is 20.9. The number of ether oxygens (including phenoxy) is 1. The molecule has 2 aromatic rings. The van der Waals surface area contributed by atoms with Crippen LogP contribution in [0.3, 0.4) is 0 Å². The summed E-state index contributed by atoms with van der Waals surface area (Å²) < 4.78 is 6.52. The summed E-state index contributed by atoms with van der Waals surface area (Å²) in [6.45, 7) is 2.03. The number of nitrogens with one attached hydrogen (secondary N) is 1. The maximum absolute atomic E-state index is 13.0. The SMILES string of the molecule is CN1CCC(Oc2cc(C(C=CN)=Nc3ccccc3)cc3c2NC(=O)C32CCC2)CC1.